The van der Waals surface area contributed by atoms with Crippen molar-refractivity contribution in [3.63, 3.8) is 0 Å². The summed E-state index contributed by atoms with van der Waals surface area (Å²) < 4.78 is 30.0. The van der Waals surface area contributed by atoms with E-state index in [4.69, 9.17) is 13.9 Å². The Labute approximate surface area is 158 Å². The van der Waals surface area contributed by atoms with Gasteiger partial charge in [0.05, 0.1) is 11.5 Å². The quantitative estimate of drug-likeness (QED) is 0.722. The third kappa shape index (κ3) is 3.72. The molecule has 0 saturated heterocycles. The van der Waals surface area contributed by atoms with Gasteiger partial charge in [-0.2, -0.15) is 0 Å². The topological polar surface area (TPSA) is 73.6 Å². The maximum atomic E-state index is 13.8. The summed E-state index contributed by atoms with van der Waals surface area (Å²) in [7, 11) is 0. The Hall–Kier alpha value is -2.71. The molecule has 4 rings (SSSR count). The molecule has 1 aliphatic rings. The van der Waals surface area contributed by atoms with Gasteiger partial charge in [-0.15, -0.1) is 11.3 Å². The molecular formula is C19H17FN2O4S. The van der Waals surface area contributed by atoms with Crippen LogP contribution in [0.15, 0.2) is 34.1 Å². The second-order valence-electron chi connectivity index (χ2n) is 6.07. The van der Waals surface area contributed by atoms with Gasteiger partial charge in [-0.25, -0.2) is 9.37 Å². The zero-order valence-electron chi connectivity index (χ0n) is 14.6. The molecule has 0 aliphatic carbocycles. The highest BCUT2D eigenvalue weighted by Gasteiger charge is 2.20. The maximum Gasteiger partial charge on any atom is 0.273 e. The van der Waals surface area contributed by atoms with Gasteiger partial charge in [0.1, 0.15) is 17.3 Å². The molecule has 0 fully saturated rings. The third-order valence-electron chi connectivity index (χ3n) is 4.18. The molecule has 3 aromatic rings. The minimum Gasteiger partial charge on any atom is -0.467 e. The number of ether oxygens (including phenoxy) is 2. The van der Waals surface area contributed by atoms with Crippen LogP contribution in [-0.2, 0) is 17.8 Å². The highest BCUT2D eigenvalue weighted by atomic mass is 32.1. The molecule has 0 unspecified atom stereocenters. The van der Waals surface area contributed by atoms with E-state index < -0.39 is 0 Å². The van der Waals surface area contributed by atoms with E-state index >= 15 is 0 Å². The van der Waals surface area contributed by atoms with Crippen molar-refractivity contribution in [3.8, 4) is 16.5 Å². The lowest BCUT2D eigenvalue weighted by Gasteiger charge is -2.20. The van der Waals surface area contributed by atoms with Crippen LogP contribution in [0.4, 0.5) is 4.39 Å². The summed E-state index contributed by atoms with van der Waals surface area (Å²) in [4.78, 5) is 17.6. The van der Waals surface area contributed by atoms with E-state index in [2.05, 4.69) is 10.3 Å². The molecule has 2 aromatic heterocycles. The lowest BCUT2D eigenvalue weighted by Crippen LogP contribution is -2.27. The molecule has 0 bridgehead atoms. The van der Waals surface area contributed by atoms with Crippen LogP contribution >= 0.6 is 11.3 Å². The second kappa shape index (κ2) is 7.50. The third-order valence-corrected chi connectivity index (χ3v) is 5.03. The van der Waals surface area contributed by atoms with Crippen molar-refractivity contribution in [2.75, 3.05) is 13.3 Å². The molecule has 0 saturated carbocycles. The highest BCUT2D eigenvalue weighted by Crippen LogP contribution is 2.30. The molecule has 0 radical (unpaired) electrons. The number of thiophene rings is 1. The van der Waals surface area contributed by atoms with E-state index in [0.29, 0.717) is 48.1 Å². The number of nitrogens with one attached hydrogen (secondary N) is 1. The Kier molecular flexibility index (Phi) is 4.91. The van der Waals surface area contributed by atoms with E-state index in [-0.39, 0.29) is 24.2 Å². The van der Waals surface area contributed by atoms with Crippen molar-refractivity contribution in [1.82, 2.24) is 10.3 Å². The van der Waals surface area contributed by atoms with Gasteiger partial charge in [0.25, 0.3) is 5.91 Å². The predicted molar refractivity (Wildman–Crippen MR) is 97.3 cm³/mol. The second-order valence-corrected chi connectivity index (χ2v) is 7.02. The van der Waals surface area contributed by atoms with Gasteiger partial charge in [-0.3, -0.25) is 4.79 Å². The standard InChI is InChI=1S/C19H17FN2O4S/c1-11-16(22-19(26-11)15-3-2-6-27-15)18(23)21-5-4-12-7-14(20)8-13-9-24-10-25-17(12)13/h2-3,6-8H,4-5,9-10H2,1H3,(H,21,23). The molecule has 27 heavy (non-hydrogen) atoms. The maximum absolute atomic E-state index is 13.8. The normalized spacial score (nSPS) is 13.1. The molecule has 1 N–H and O–H groups in total. The lowest BCUT2D eigenvalue weighted by molar-refractivity contribution is -0.0172. The Morgan fingerprint density at radius 3 is 3.11 bits per heavy atom. The minimum absolute atomic E-state index is 0.140. The van der Waals surface area contributed by atoms with Crippen LogP contribution in [0.3, 0.4) is 0 Å². The number of aromatic nitrogens is 1. The fourth-order valence-electron chi connectivity index (χ4n) is 2.95. The van der Waals surface area contributed by atoms with Crippen LogP contribution in [0.5, 0.6) is 5.75 Å². The van der Waals surface area contributed by atoms with E-state index in [1.54, 1.807) is 6.92 Å². The molecule has 1 aromatic carbocycles. The number of aryl methyl sites for hydroxylation is 1. The molecular weight excluding hydrogens is 371 g/mol. The fraction of sp³-hybridized carbons (Fsp3) is 0.263. The van der Waals surface area contributed by atoms with Crippen molar-refractivity contribution in [2.24, 2.45) is 0 Å². The lowest BCUT2D eigenvalue weighted by atomic mass is 10.1. The largest absolute Gasteiger partial charge is 0.467 e. The van der Waals surface area contributed by atoms with E-state index in [1.807, 2.05) is 17.5 Å². The molecule has 6 nitrogen and oxygen atoms in total. The number of oxazole rings is 1. The van der Waals surface area contributed by atoms with Crippen LogP contribution in [0, 0.1) is 12.7 Å². The smallest absolute Gasteiger partial charge is 0.273 e. The minimum atomic E-state index is -0.350. The van der Waals surface area contributed by atoms with Crippen LogP contribution in [0.2, 0.25) is 0 Å². The summed E-state index contributed by atoms with van der Waals surface area (Å²) >= 11 is 1.49. The Morgan fingerprint density at radius 2 is 2.30 bits per heavy atom. The summed E-state index contributed by atoms with van der Waals surface area (Å²) in [6.07, 6.45) is 0.431. The molecule has 1 amide bonds. The number of fused-ring (bicyclic) bond motifs is 1. The fourth-order valence-corrected chi connectivity index (χ4v) is 3.60. The first-order chi connectivity index (χ1) is 13.1. The first-order valence-corrected chi connectivity index (χ1v) is 9.31. The van der Waals surface area contributed by atoms with Crippen LogP contribution in [0.1, 0.15) is 27.4 Å². The molecule has 1 aliphatic heterocycles. The number of nitrogens with zero attached hydrogens (tertiary/aromatic N) is 1. The Morgan fingerprint density at radius 1 is 1.41 bits per heavy atom. The number of benzene rings is 1. The summed E-state index contributed by atoms with van der Waals surface area (Å²) in [5.74, 6) is 0.847. The van der Waals surface area contributed by atoms with E-state index in [0.717, 1.165) is 4.88 Å². The number of halogens is 1. The molecule has 0 atom stereocenters. The summed E-state index contributed by atoms with van der Waals surface area (Å²) in [6.45, 7) is 2.48. The molecule has 0 spiro atoms. The predicted octanol–water partition coefficient (Wildman–Crippen LogP) is 3.69. The van der Waals surface area contributed by atoms with Gasteiger partial charge in [-0.1, -0.05) is 6.07 Å². The summed E-state index contributed by atoms with van der Waals surface area (Å²) in [6, 6.07) is 6.61. The van der Waals surface area contributed by atoms with Crippen molar-refractivity contribution in [3.05, 3.63) is 58.0 Å². The SMILES string of the molecule is Cc1oc(-c2cccs2)nc1C(=O)NCCc1cc(F)cc2c1OCOC2. The summed E-state index contributed by atoms with van der Waals surface area (Å²) in [5, 5.41) is 4.72. The monoisotopic (exact) mass is 388 g/mol. The first kappa shape index (κ1) is 17.7. The Bertz CT molecular complexity index is 969. The zero-order chi connectivity index (χ0) is 18.8. The van der Waals surface area contributed by atoms with Crippen molar-refractivity contribution < 1.29 is 23.1 Å². The van der Waals surface area contributed by atoms with Gasteiger partial charge in [0, 0.05) is 12.1 Å². The number of amides is 1. The van der Waals surface area contributed by atoms with Gasteiger partial charge >= 0.3 is 0 Å². The Balaban J connectivity index is 1.43. The van der Waals surface area contributed by atoms with Crippen molar-refractivity contribution in [2.45, 2.75) is 20.0 Å². The van der Waals surface area contributed by atoms with E-state index in [9.17, 15) is 9.18 Å². The van der Waals surface area contributed by atoms with Gasteiger partial charge in [0.2, 0.25) is 5.89 Å². The number of carbonyl (C=O) groups is 1. The average molecular weight is 388 g/mol. The van der Waals surface area contributed by atoms with Gasteiger partial charge < -0.3 is 19.2 Å². The molecule has 3 heterocycles. The average Bonchev–Trinajstić information content (AvgIpc) is 3.31. The van der Waals surface area contributed by atoms with Crippen molar-refractivity contribution in [1.29, 1.82) is 0 Å². The number of hydrogen-bond acceptors (Lipinski definition) is 6. The van der Waals surface area contributed by atoms with Crippen LogP contribution in [-0.4, -0.2) is 24.2 Å². The first-order valence-electron chi connectivity index (χ1n) is 8.43. The highest BCUT2D eigenvalue weighted by molar-refractivity contribution is 7.13. The summed E-state index contributed by atoms with van der Waals surface area (Å²) in [5.41, 5.74) is 1.63. The number of carbonyl (C=O) groups excluding carboxylic acids is 1. The molecule has 8 heteroatoms. The van der Waals surface area contributed by atoms with Gasteiger partial charge in [-0.05, 0) is 42.5 Å². The van der Waals surface area contributed by atoms with Crippen molar-refractivity contribution >= 4 is 17.2 Å². The van der Waals surface area contributed by atoms with Crippen LogP contribution in [0.25, 0.3) is 10.8 Å². The molecule has 140 valence electrons. The number of rotatable bonds is 5. The van der Waals surface area contributed by atoms with Gasteiger partial charge in [0.15, 0.2) is 12.5 Å². The number of hydrogen-bond donors (Lipinski definition) is 1. The van der Waals surface area contributed by atoms with Crippen LogP contribution < -0.4 is 10.1 Å². The van der Waals surface area contributed by atoms with E-state index in [1.165, 1.54) is 23.5 Å². The zero-order valence-corrected chi connectivity index (χ0v) is 15.4.